The molecule has 0 saturated heterocycles. The lowest BCUT2D eigenvalue weighted by atomic mass is 10.1. The van der Waals surface area contributed by atoms with Crippen LogP contribution in [0, 0.1) is 0 Å². The summed E-state index contributed by atoms with van der Waals surface area (Å²) in [6, 6.07) is 11.9. The first-order valence-electron chi connectivity index (χ1n) is 5.93. The van der Waals surface area contributed by atoms with Crippen LogP contribution in [0.1, 0.15) is 20.7 Å². The lowest BCUT2D eigenvalue weighted by molar-refractivity contribution is 0.0696. The van der Waals surface area contributed by atoms with Crippen molar-refractivity contribution in [3.8, 4) is 0 Å². The molecule has 1 aromatic carbocycles. The van der Waals surface area contributed by atoms with Crippen molar-refractivity contribution in [2.45, 2.75) is 0 Å². The van der Waals surface area contributed by atoms with E-state index in [9.17, 15) is 9.59 Å². The largest absolute Gasteiger partial charge is 0.478 e. The number of carbonyl (C=O) groups is 2. The molecule has 2 rings (SSSR count). The van der Waals surface area contributed by atoms with E-state index in [1.165, 1.54) is 18.3 Å². The van der Waals surface area contributed by atoms with E-state index < -0.39 is 5.97 Å². The first-order chi connectivity index (χ1) is 9.66. The van der Waals surface area contributed by atoms with E-state index >= 15 is 0 Å². The second-order valence-corrected chi connectivity index (χ2v) is 4.01. The summed E-state index contributed by atoms with van der Waals surface area (Å²) < 4.78 is 0. The molecule has 0 bridgehead atoms. The zero-order valence-corrected chi connectivity index (χ0v) is 10.5. The second kappa shape index (κ2) is 6.44. The highest BCUT2D eigenvalue weighted by Crippen LogP contribution is 2.04. The average molecular weight is 271 g/mol. The number of pyridine rings is 1. The van der Waals surface area contributed by atoms with Gasteiger partial charge in [0, 0.05) is 11.8 Å². The molecular formula is C14H13N3O3. The standard InChI is InChI=1S/C14H13N3O3/c18-12(10-4-2-1-3-5-10)9-16-17-13-7-6-11(8-15-13)14(19)20/h1-8,16H,9H2,(H,15,17)(H,19,20). The number of aromatic carboxylic acids is 1. The molecule has 1 aromatic heterocycles. The smallest absolute Gasteiger partial charge is 0.337 e. The Morgan fingerprint density at radius 1 is 1.05 bits per heavy atom. The minimum atomic E-state index is -1.03. The molecule has 20 heavy (non-hydrogen) atoms. The molecule has 2 aromatic rings. The number of benzene rings is 1. The molecule has 3 N–H and O–H groups in total. The van der Waals surface area contributed by atoms with Crippen molar-refractivity contribution in [3.05, 3.63) is 59.8 Å². The summed E-state index contributed by atoms with van der Waals surface area (Å²) in [7, 11) is 0. The Labute approximate surface area is 115 Å². The normalized spacial score (nSPS) is 10.0. The molecule has 0 amide bonds. The third-order valence-corrected chi connectivity index (χ3v) is 2.57. The van der Waals surface area contributed by atoms with Crippen LogP contribution in [0.4, 0.5) is 5.82 Å². The SMILES string of the molecule is O=C(O)c1ccc(NNCC(=O)c2ccccc2)nc1. The van der Waals surface area contributed by atoms with Gasteiger partial charge in [0.05, 0.1) is 12.1 Å². The molecule has 0 radical (unpaired) electrons. The van der Waals surface area contributed by atoms with Crippen LogP contribution in [0.15, 0.2) is 48.7 Å². The topological polar surface area (TPSA) is 91.3 Å². The molecule has 0 aliphatic carbocycles. The number of hydrogen-bond acceptors (Lipinski definition) is 5. The van der Waals surface area contributed by atoms with Crippen LogP contribution < -0.4 is 10.9 Å². The Morgan fingerprint density at radius 3 is 2.40 bits per heavy atom. The van der Waals surface area contributed by atoms with Gasteiger partial charge in [0.15, 0.2) is 5.78 Å². The Hall–Kier alpha value is -2.73. The number of nitrogens with zero attached hydrogens (tertiary/aromatic N) is 1. The van der Waals surface area contributed by atoms with Gasteiger partial charge in [-0.1, -0.05) is 30.3 Å². The Morgan fingerprint density at radius 2 is 1.80 bits per heavy atom. The van der Waals surface area contributed by atoms with E-state index in [1.807, 2.05) is 6.07 Å². The van der Waals surface area contributed by atoms with Crippen molar-refractivity contribution in [2.75, 3.05) is 12.0 Å². The van der Waals surface area contributed by atoms with Gasteiger partial charge >= 0.3 is 5.97 Å². The van der Waals surface area contributed by atoms with Gasteiger partial charge in [-0.05, 0) is 12.1 Å². The Bertz CT molecular complexity index is 597. The molecule has 6 heteroatoms. The molecule has 0 spiro atoms. The van der Waals surface area contributed by atoms with Crippen molar-refractivity contribution in [3.63, 3.8) is 0 Å². The molecule has 0 aliphatic rings. The number of ketones is 1. The summed E-state index contributed by atoms with van der Waals surface area (Å²) >= 11 is 0. The van der Waals surface area contributed by atoms with E-state index in [0.717, 1.165) is 0 Å². The predicted octanol–water partition coefficient (Wildman–Crippen LogP) is 1.58. The Balaban J connectivity index is 1.84. The maximum Gasteiger partial charge on any atom is 0.337 e. The summed E-state index contributed by atoms with van der Waals surface area (Å²) in [5, 5.41) is 8.73. The molecular weight excluding hydrogens is 258 g/mol. The van der Waals surface area contributed by atoms with Crippen molar-refractivity contribution >= 4 is 17.6 Å². The van der Waals surface area contributed by atoms with Gasteiger partial charge in [-0.25, -0.2) is 15.2 Å². The van der Waals surface area contributed by atoms with Crippen molar-refractivity contribution < 1.29 is 14.7 Å². The highest BCUT2D eigenvalue weighted by Gasteiger charge is 2.05. The van der Waals surface area contributed by atoms with Crippen molar-refractivity contribution in [1.29, 1.82) is 0 Å². The number of aromatic nitrogens is 1. The van der Waals surface area contributed by atoms with Gasteiger partial charge in [-0.15, -0.1) is 0 Å². The van der Waals surface area contributed by atoms with E-state index in [-0.39, 0.29) is 17.9 Å². The van der Waals surface area contributed by atoms with Gasteiger partial charge in [0.2, 0.25) is 0 Å². The fourth-order valence-corrected chi connectivity index (χ4v) is 1.54. The van der Waals surface area contributed by atoms with Gasteiger partial charge in [0.25, 0.3) is 0 Å². The number of hydrogen-bond donors (Lipinski definition) is 3. The van der Waals surface area contributed by atoms with E-state index in [4.69, 9.17) is 5.11 Å². The first-order valence-corrected chi connectivity index (χ1v) is 5.93. The van der Waals surface area contributed by atoms with Crippen LogP contribution in [0.3, 0.4) is 0 Å². The monoisotopic (exact) mass is 271 g/mol. The second-order valence-electron chi connectivity index (χ2n) is 4.01. The van der Waals surface area contributed by atoms with Gasteiger partial charge in [-0.2, -0.15) is 0 Å². The predicted molar refractivity (Wildman–Crippen MR) is 73.6 cm³/mol. The summed E-state index contributed by atoms with van der Waals surface area (Å²) in [5.74, 6) is -0.646. The van der Waals surface area contributed by atoms with E-state index in [0.29, 0.717) is 11.4 Å². The molecule has 0 fully saturated rings. The molecule has 102 valence electrons. The number of Topliss-reactive ketones (excluding diaryl/α,β-unsaturated/α-hetero) is 1. The van der Waals surface area contributed by atoms with Crippen LogP contribution in [-0.4, -0.2) is 28.4 Å². The zero-order valence-electron chi connectivity index (χ0n) is 10.5. The number of hydrazine groups is 1. The highest BCUT2D eigenvalue weighted by molar-refractivity contribution is 5.97. The lowest BCUT2D eigenvalue weighted by Gasteiger charge is -2.07. The quantitative estimate of drug-likeness (QED) is 0.546. The van der Waals surface area contributed by atoms with Gasteiger partial charge in [-0.3, -0.25) is 4.79 Å². The van der Waals surface area contributed by atoms with Crippen molar-refractivity contribution in [2.24, 2.45) is 0 Å². The summed E-state index contributed by atoms with van der Waals surface area (Å²) in [4.78, 5) is 26.3. The number of nitrogens with one attached hydrogen (secondary N) is 2. The van der Waals surface area contributed by atoms with Crippen LogP contribution in [0.5, 0.6) is 0 Å². The van der Waals surface area contributed by atoms with Crippen molar-refractivity contribution in [1.82, 2.24) is 10.4 Å². The minimum absolute atomic E-state index is 0.0553. The molecule has 0 saturated carbocycles. The lowest BCUT2D eigenvalue weighted by Crippen LogP contribution is -2.28. The zero-order chi connectivity index (χ0) is 14.4. The van der Waals surface area contributed by atoms with E-state index in [2.05, 4.69) is 15.8 Å². The third-order valence-electron chi connectivity index (χ3n) is 2.57. The number of carboxylic acids is 1. The molecule has 0 unspecified atom stereocenters. The van der Waals surface area contributed by atoms with Gasteiger partial charge < -0.3 is 10.5 Å². The van der Waals surface area contributed by atoms with Crippen LogP contribution in [0.25, 0.3) is 0 Å². The minimum Gasteiger partial charge on any atom is -0.478 e. The van der Waals surface area contributed by atoms with E-state index in [1.54, 1.807) is 24.3 Å². The van der Waals surface area contributed by atoms with Crippen LogP contribution in [-0.2, 0) is 0 Å². The fourth-order valence-electron chi connectivity index (χ4n) is 1.54. The number of rotatable bonds is 6. The fraction of sp³-hybridized carbons (Fsp3) is 0.0714. The highest BCUT2D eigenvalue weighted by atomic mass is 16.4. The summed E-state index contributed by atoms with van der Waals surface area (Å²) in [5.41, 5.74) is 6.20. The maximum absolute atomic E-state index is 11.8. The maximum atomic E-state index is 11.8. The number of carboxylic acid groups (broad SMARTS) is 1. The summed E-state index contributed by atoms with van der Waals surface area (Å²) in [6.45, 7) is 0.104. The molecule has 6 nitrogen and oxygen atoms in total. The molecule has 0 atom stereocenters. The summed E-state index contributed by atoms with van der Waals surface area (Å²) in [6.07, 6.45) is 1.24. The van der Waals surface area contributed by atoms with Gasteiger partial charge in [0.1, 0.15) is 5.82 Å². The molecule has 1 heterocycles. The number of anilines is 1. The third kappa shape index (κ3) is 3.63. The number of carbonyl (C=O) groups excluding carboxylic acids is 1. The van der Waals surface area contributed by atoms with Crippen LogP contribution in [0.2, 0.25) is 0 Å². The Kier molecular flexibility index (Phi) is 4.41. The van der Waals surface area contributed by atoms with Crippen LogP contribution >= 0.6 is 0 Å². The average Bonchev–Trinajstić information content (AvgIpc) is 2.48. The first kappa shape index (κ1) is 13.7. The molecule has 0 aliphatic heterocycles.